The number of aryl methyl sites for hydroxylation is 1. The average molecular weight is 315 g/mol. The molecule has 0 saturated carbocycles. The molecule has 6 heteroatoms. The van der Waals surface area contributed by atoms with Crippen molar-refractivity contribution >= 4 is 21.6 Å². The zero-order valence-corrected chi connectivity index (χ0v) is 12.2. The Kier molecular flexibility index (Phi) is 4.40. The first-order valence-corrected chi connectivity index (χ1v) is 7.17. The van der Waals surface area contributed by atoms with Crippen molar-refractivity contribution in [2.45, 2.75) is 26.3 Å². The van der Waals surface area contributed by atoms with Gasteiger partial charge in [0.2, 0.25) is 0 Å². The minimum Gasteiger partial charge on any atom is -0.369 e. The molecule has 1 aromatic rings. The molecule has 1 aliphatic rings. The van der Waals surface area contributed by atoms with Crippen LogP contribution in [0.1, 0.15) is 19.8 Å². The number of hydrogen-bond donors (Lipinski definition) is 1. The molecular weight excluding hydrogens is 296 g/mol. The van der Waals surface area contributed by atoms with Gasteiger partial charge in [-0.3, -0.25) is 4.79 Å². The van der Waals surface area contributed by atoms with E-state index >= 15 is 0 Å². The molecule has 2 N–H and O–H groups in total. The van der Waals surface area contributed by atoms with Gasteiger partial charge in [-0.1, -0.05) is 0 Å². The first-order valence-electron chi connectivity index (χ1n) is 6.38. The molecule has 2 rings (SSSR count). The zero-order valence-electron chi connectivity index (χ0n) is 10.6. The van der Waals surface area contributed by atoms with Crippen LogP contribution >= 0.6 is 15.9 Å². The van der Waals surface area contributed by atoms with Crippen molar-refractivity contribution in [1.82, 2.24) is 9.78 Å². The number of aromatic nitrogens is 2. The monoisotopic (exact) mass is 314 g/mol. The molecule has 0 aromatic carbocycles. The summed E-state index contributed by atoms with van der Waals surface area (Å²) in [5.74, 6) is 0.513. The second-order valence-electron chi connectivity index (χ2n) is 4.65. The second kappa shape index (κ2) is 5.84. The molecule has 18 heavy (non-hydrogen) atoms. The normalized spacial score (nSPS) is 20.2. The van der Waals surface area contributed by atoms with E-state index in [1.54, 1.807) is 6.20 Å². The standard InChI is InChI=1S/C12H19BrN4O/c1-2-17-12(18)11(13)10(7-15-17)16-5-3-4-9(6-14)8-16/h7,9H,2-6,8,14H2,1H3. The fourth-order valence-corrected chi connectivity index (χ4v) is 2.94. The van der Waals surface area contributed by atoms with Crippen molar-refractivity contribution in [2.24, 2.45) is 11.7 Å². The van der Waals surface area contributed by atoms with Crippen LogP contribution in [0.25, 0.3) is 0 Å². The lowest BCUT2D eigenvalue weighted by Gasteiger charge is -2.34. The van der Waals surface area contributed by atoms with Gasteiger partial charge in [-0.15, -0.1) is 0 Å². The summed E-state index contributed by atoms with van der Waals surface area (Å²) in [6.45, 7) is 5.07. The van der Waals surface area contributed by atoms with Crippen LogP contribution in [-0.2, 0) is 6.54 Å². The first-order chi connectivity index (χ1) is 8.67. The summed E-state index contributed by atoms with van der Waals surface area (Å²) < 4.78 is 2.06. The Balaban J connectivity index is 2.28. The average Bonchev–Trinajstić information content (AvgIpc) is 2.42. The van der Waals surface area contributed by atoms with E-state index in [4.69, 9.17) is 5.73 Å². The predicted molar refractivity (Wildman–Crippen MR) is 75.9 cm³/mol. The first kappa shape index (κ1) is 13.5. The van der Waals surface area contributed by atoms with Gasteiger partial charge in [0.25, 0.3) is 5.56 Å². The molecule has 1 saturated heterocycles. The van der Waals surface area contributed by atoms with E-state index in [1.807, 2.05) is 6.92 Å². The minimum atomic E-state index is -0.0649. The smallest absolute Gasteiger partial charge is 0.283 e. The van der Waals surface area contributed by atoms with Gasteiger partial charge in [0.1, 0.15) is 4.47 Å². The van der Waals surface area contributed by atoms with Crippen LogP contribution < -0.4 is 16.2 Å². The summed E-state index contributed by atoms with van der Waals surface area (Å²) in [6.07, 6.45) is 4.06. The van der Waals surface area contributed by atoms with Gasteiger partial charge in [0, 0.05) is 19.6 Å². The van der Waals surface area contributed by atoms with Crippen LogP contribution in [0.15, 0.2) is 15.5 Å². The highest BCUT2D eigenvalue weighted by molar-refractivity contribution is 9.10. The fraction of sp³-hybridized carbons (Fsp3) is 0.667. The van der Waals surface area contributed by atoms with Crippen LogP contribution in [0.4, 0.5) is 5.69 Å². The molecule has 1 fully saturated rings. The Labute approximate surface area is 115 Å². The molecule has 100 valence electrons. The lowest BCUT2D eigenvalue weighted by Crippen LogP contribution is -2.39. The highest BCUT2D eigenvalue weighted by Crippen LogP contribution is 2.26. The van der Waals surface area contributed by atoms with Crippen LogP contribution in [-0.4, -0.2) is 29.4 Å². The van der Waals surface area contributed by atoms with Gasteiger partial charge >= 0.3 is 0 Å². The van der Waals surface area contributed by atoms with E-state index in [0.717, 1.165) is 25.2 Å². The molecule has 0 amide bonds. The van der Waals surface area contributed by atoms with Crippen molar-refractivity contribution in [2.75, 3.05) is 24.5 Å². The molecule has 0 aliphatic carbocycles. The van der Waals surface area contributed by atoms with Gasteiger partial charge < -0.3 is 10.6 Å². The minimum absolute atomic E-state index is 0.0649. The molecule has 0 radical (unpaired) electrons. The quantitative estimate of drug-likeness (QED) is 0.910. The van der Waals surface area contributed by atoms with Crippen LogP contribution in [0.5, 0.6) is 0 Å². The van der Waals surface area contributed by atoms with E-state index in [9.17, 15) is 4.79 Å². The topological polar surface area (TPSA) is 64.2 Å². The summed E-state index contributed by atoms with van der Waals surface area (Å²) in [5.41, 5.74) is 6.56. The van der Waals surface area contributed by atoms with E-state index in [0.29, 0.717) is 23.5 Å². The molecular formula is C12H19BrN4O. The maximum atomic E-state index is 12.0. The van der Waals surface area contributed by atoms with Crippen molar-refractivity contribution in [3.63, 3.8) is 0 Å². The summed E-state index contributed by atoms with van der Waals surface area (Å²) in [5, 5.41) is 4.18. The maximum Gasteiger partial charge on any atom is 0.283 e. The Morgan fingerprint density at radius 1 is 1.61 bits per heavy atom. The van der Waals surface area contributed by atoms with Gasteiger partial charge in [-0.05, 0) is 48.2 Å². The summed E-state index contributed by atoms with van der Waals surface area (Å²) >= 11 is 3.40. The lowest BCUT2D eigenvalue weighted by atomic mass is 9.98. The van der Waals surface area contributed by atoms with E-state index in [-0.39, 0.29) is 5.56 Å². The van der Waals surface area contributed by atoms with Gasteiger partial charge in [0.15, 0.2) is 0 Å². The van der Waals surface area contributed by atoms with Gasteiger partial charge in [0.05, 0.1) is 11.9 Å². The Morgan fingerprint density at radius 3 is 3.06 bits per heavy atom. The number of anilines is 1. The molecule has 1 aromatic heterocycles. The second-order valence-corrected chi connectivity index (χ2v) is 5.45. The third-order valence-electron chi connectivity index (χ3n) is 3.46. The molecule has 5 nitrogen and oxygen atoms in total. The summed E-state index contributed by atoms with van der Waals surface area (Å²) in [6, 6.07) is 0. The Bertz CT molecular complexity index is 474. The predicted octanol–water partition coefficient (Wildman–Crippen LogP) is 1.20. The number of hydrogen-bond acceptors (Lipinski definition) is 4. The zero-order chi connectivity index (χ0) is 13.1. The van der Waals surface area contributed by atoms with Crippen molar-refractivity contribution in [1.29, 1.82) is 0 Å². The summed E-state index contributed by atoms with van der Waals surface area (Å²) in [7, 11) is 0. The van der Waals surface area contributed by atoms with Crippen molar-refractivity contribution < 1.29 is 0 Å². The van der Waals surface area contributed by atoms with Crippen LogP contribution in [0.3, 0.4) is 0 Å². The summed E-state index contributed by atoms with van der Waals surface area (Å²) in [4.78, 5) is 14.2. The SMILES string of the molecule is CCn1ncc(N2CCCC(CN)C2)c(Br)c1=O. The third kappa shape index (κ3) is 2.59. The Hall–Kier alpha value is -0.880. The number of nitrogens with two attached hydrogens (primary N) is 1. The van der Waals surface area contributed by atoms with E-state index < -0.39 is 0 Å². The van der Waals surface area contributed by atoms with Crippen LogP contribution in [0.2, 0.25) is 0 Å². The van der Waals surface area contributed by atoms with E-state index in [2.05, 4.69) is 25.9 Å². The van der Waals surface area contributed by atoms with Gasteiger partial charge in [-0.2, -0.15) is 5.10 Å². The third-order valence-corrected chi connectivity index (χ3v) is 4.20. The molecule has 1 atom stereocenters. The maximum absolute atomic E-state index is 12.0. The highest BCUT2D eigenvalue weighted by Gasteiger charge is 2.22. The molecule has 1 aliphatic heterocycles. The van der Waals surface area contributed by atoms with Crippen LogP contribution in [0, 0.1) is 5.92 Å². The number of rotatable bonds is 3. The number of piperidine rings is 1. The molecule has 0 spiro atoms. The fourth-order valence-electron chi connectivity index (χ4n) is 2.38. The number of halogens is 1. The molecule has 0 bridgehead atoms. The largest absolute Gasteiger partial charge is 0.369 e. The number of nitrogens with zero attached hydrogens (tertiary/aromatic N) is 3. The van der Waals surface area contributed by atoms with Gasteiger partial charge in [-0.25, -0.2) is 4.68 Å². The van der Waals surface area contributed by atoms with Crippen molar-refractivity contribution in [3.8, 4) is 0 Å². The lowest BCUT2D eigenvalue weighted by molar-refractivity contribution is 0.422. The van der Waals surface area contributed by atoms with E-state index in [1.165, 1.54) is 11.1 Å². The highest BCUT2D eigenvalue weighted by atomic mass is 79.9. The molecule has 2 heterocycles. The molecule has 1 unspecified atom stereocenters. The Morgan fingerprint density at radius 2 is 2.39 bits per heavy atom. The van der Waals surface area contributed by atoms with Crippen molar-refractivity contribution in [3.05, 3.63) is 21.0 Å².